The fourth-order valence-electron chi connectivity index (χ4n) is 5.32. The van der Waals surface area contributed by atoms with Crippen molar-refractivity contribution in [2.75, 3.05) is 0 Å². The standard InChI is InChI=1S/C30H34N4O3S/c1-21(2)25-19-18-22(3)20-28(25)37-30(35)29(34-27-17-11-10-16-26(27)31-33-34)32-38(36,23-12-6-4-7-13-23)24-14-8-5-9-15-24/h4-17,21-22,25,28-29H,18-20H2,1-3H3/t22-,25+,28?,29?/m1/s1. The van der Waals surface area contributed by atoms with Crippen molar-refractivity contribution in [3.05, 3.63) is 84.9 Å². The van der Waals surface area contributed by atoms with E-state index in [1.807, 2.05) is 60.7 Å². The molecule has 0 radical (unpaired) electrons. The molecule has 1 heterocycles. The second-order valence-corrected chi connectivity index (χ2v) is 12.7. The normalized spacial score (nSPS) is 20.8. The lowest BCUT2D eigenvalue weighted by atomic mass is 9.75. The second-order valence-electron chi connectivity index (χ2n) is 10.5. The first-order valence-electron chi connectivity index (χ1n) is 13.2. The monoisotopic (exact) mass is 530 g/mol. The highest BCUT2D eigenvalue weighted by Crippen LogP contribution is 2.37. The van der Waals surface area contributed by atoms with E-state index in [-0.39, 0.29) is 12.0 Å². The SMILES string of the molecule is CC(C)[C@@H]1CC[C@@H](C)CC1OC(=O)C(N=S(=O)(c1ccccc1)c1ccccc1)n1nnc2ccccc21. The van der Waals surface area contributed by atoms with Crippen molar-refractivity contribution in [3.63, 3.8) is 0 Å². The third-order valence-corrected chi connectivity index (χ3v) is 9.74. The first-order valence-corrected chi connectivity index (χ1v) is 14.7. The van der Waals surface area contributed by atoms with Crippen LogP contribution in [0.15, 0.2) is 99.1 Å². The number of rotatable bonds is 7. The zero-order valence-electron chi connectivity index (χ0n) is 22.0. The Kier molecular flexibility index (Phi) is 7.61. The number of fused-ring (bicyclic) bond motifs is 1. The van der Waals surface area contributed by atoms with Gasteiger partial charge in [0, 0.05) is 0 Å². The lowest BCUT2D eigenvalue weighted by molar-refractivity contribution is -0.160. The van der Waals surface area contributed by atoms with Crippen LogP contribution in [0.5, 0.6) is 0 Å². The number of aromatic nitrogens is 3. The summed E-state index contributed by atoms with van der Waals surface area (Å²) in [6.45, 7) is 6.54. The predicted molar refractivity (Wildman–Crippen MR) is 148 cm³/mol. The lowest BCUT2D eigenvalue weighted by Gasteiger charge is -2.37. The fraction of sp³-hybridized carbons (Fsp3) is 0.367. The zero-order valence-corrected chi connectivity index (χ0v) is 22.8. The average molecular weight is 531 g/mol. The van der Waals surface area contributed by atoms with Crippen LogP contribution in [0.25, 0.3) is 11.0 Å². The Morgan fingerprint density at radius 1 is 0.947 bits per heavy atom. The highest BCUT2D eigenvalue weighted by Gasteiger charge is 2.37. The van der Waals surface area contributed by atoms with Crippen LogP contribution >= 0.6 is 0 Å². The van der Waals surface area contributed by atoms with Gasteiger partial charge in [-0.2, -0.15) is 4.36 Å². The fourth-order valence-corrected chi connectivity index (χ4v) is 7.35. The molecule has 4 aromatic rings. The van der Waals surface area contributed by atoms with Gasteiger partial charge in [-0.1, -0.05) is 80.9 Å². The summed E-state index contributed by atoms with van der Waals surface area (Å²) in [5, 5.41) is 8.55. The van der Waals surface area contributed by atoms with E-state index < -0.39 is 21.9 Å². The molecule has 1 aliphatic carbocycles. The lowest BCUT2D eigenvalue weighted by Crippen LogP contribution is -2.37. The zero-order chi connectivity index (χ0) is 26.7. The van der Waals surface area contributed by atoms with Gasteiger partial charge in [0.05, 0.1) is 15.3 Å². The summed E-state index contributed by atoms with van der Waals surface area (Å²) in [6.07, 6.45) is 1.42. The molecule has 7 nitrogen and oxygen atoms in total. The summed E-state index contributed by atoms with van der Waals surface area (Å²) >= 11 is 0. The maximum Gasteiger partial charge on any atom is 0.354 e. The van der Waals surface area contributed by atoms with Gasteiger partial charge in [-0.3, -0.25) is 0 Å². The molecule has 0 bridgehead atoms. The van der Waals surface area contributed by atoms with E-state index in [0.717, 1.165) is 19.3 Å². The predicted octanol–water partition coefficient (Wildman–Crippen LogP) is 6.52. The number of carbonyl (C=O) groups is 1. The summed E-state index contributed by atoms with van der Waals surface area (Å²) in [5.74, 6) is 0.532. The smallest absolute Gasteiger partial charge is 0.354 e. The number of para-hydroxylation sites is 1. The number of carbonyl (C=O) groups excluding carboxylic acids is 1. The largest absolute Gasteiger partial charge is 0.459 e. The van der Waals surface area contributed by atoms with Crippen LogP contribution in [-0.2, 0) is 19.3 Å². The molecule has 1 aromatic heterocycles. The van der Waals surface area contributed by atoms with Crippen molar-refractivity contribution >= 4 is 26.7 Å². The maximum atomic E-state index is 14.8. The highest BCUT2D eigenvalue weighted by atomic mass is 32.2. The van der Waals surface area contributed by atoms with Crippen LogP contribution in [0.4, 0.5) is 0 Å². The molecular weight excluding hydrogens is 496 g/mol. The molecule has 5 rings (SSSR count). The van der Waals surface area contributed by atoms with Crippen LogP contribution in [0, 0.1) is 17.8 Å². The van der Waals surface area contributed by atoms with Crippen molar-refractivity contribution in [2.45, 2.75) is 62.1 Å². The molecule has 0 N–H and O–H groups in total. The quantitative estimate of drug-likeness (QED) is 0.254. The van der Waals surface area contributed by atoms with Gasteiger partial charge in [0.1, 0.15) is 21.3 Å². The molecule has 4 atom stereocenters. The number of benzene rings is 3. The van der Waals surface area contributed by atoms with Gasteiger partial charge in [-0.15, -0.1) is 5.10 Å². The van der Waals surface area contributed by atoms with E-state index in [0.29, 0.717) is 32.7 Å². The average Bonchev–Trinajstić information content (AvgIpc) is 3.36. The summed E-state index contributed by atoms with van der Waals surface area (Å²) < 4.78 is 27.3. The summed E-state index contributed by atoms with van der Waals surface area (Å²) in [7, 11) is -3.23. The molecule has 1 aliphatic rings. The molecule has 1 saturated carbocycles. The third kappa shape index (κ3) is 5.23. The van der Waals surface area contributed by atoms with Crippen LogP contribution in [0.3, 0.4) is 0 Å². The van der Waals surface area contributed by atoms with Gasteiger partial charge < -0.3 is 4.74 Å². The first kappa shape index (κ1) is 26.1. The van der Waals surface area contributed by atoms with Crippen LogP contribution in [0.2, 0.25) is 0 Å². The summed E-state index contributed by atoms with van der Waals surface area (Å²) in [5.41, 5.74) is 1.25. The molecule has 0 spiro atoms. The molecule has 0 amide bonds. The number of nitrogens with zero attached hydrogens (tertiary/aromatic N) is 4. The van der Waals surface area contributed by atoms with Gasteiger partial charge >= 0.3 is 5.97 Å². The molecule has 1 fully saturated rings. The van der Waals surface area contributed by atoms with Crippen molar-refractivity contribution in [2.24, 2.45) is 22.1 Å². The Hall–Kier alpha value is -3.52. The van der Waals surface area contributed by atoms with E-state index in [1.54, 1.807) is 24.3 Å². The topological polar surface area (TPSA) is 86.4 Å². The molecular formula is C30H34N4O3S. The van der Waals surface area contributed by atoms with Gasteiger partial charge in [-0.25, -0.2) is 13.7 Å². The van der Waals surface area contributed by atoms with Crippen molar-refractivity contribution in [1.82, 2.24) is 15.0 Å². The summed E-state index contributed by atoms with van der Waals surface area (Å²) in [6, 6.07) is 25.5. The van der Waals surface area contributed by atoms with Crippen molar-refractivity contribution < 1.29 is 13.7 Å². The van der Waals surface area contributed by atoms with Gasteiger partial charge in [0.25, 0.3) is 0 Å². The van der Waals surface area contributed by atoms with Crippen molar-refractivity contribution in [3.8, 4) is 0 Å². The molecule has 8 heteroatoms. The van der Waals surface area contributed by atoms with Gasteiger partial charge in [0.15, 0.2) is 0 Å². The van der Waals surface area contributed by atoms with Gasteiger partial charge in [0.2, 0.25) is 6.17 Å². The number of hydrogen-bond donors (Lipinski definition) is 0. The Morgan fingerprint density at radius 2 is 1.55 bits per heavy atom. The van der Waals surface area contributed by atoms with Crippen molar-refractivity contribution in [1.29, 1.82) is 0 Å². The van der Waals surface area contributed by atoms with Crippen LogP contribution in [0.1, 0.15) is 46.2 Å². The van der Waals surface area contributed by atoms with E-state index in [9.17, 15) is 9.00 Å². The van der Waals surface area contributed by atoms with E-state index in [1.165, 1.54) is 4.68 Å². The van der Waals surface area contributed by atoms with E-state index in [2.05, 4.69) is 31.1 Å². The molecule has 198 valence electrons. The third-order valence-electron chi connectivity index (χ3n) is 7.42. The van der Waals surface area contributed by atoms with Crippen LogP contribution < -0.4 is 0 Å². The molecule has 3 aromatic carbocycles. The van der Waals surface area contributed by atoms with E-state index in [4.69, 9.17) is 9.10 Å². The number of esters is 1. The second kappa shape index (κ2) is 11.1. The minimum atomic E-state index is -3.23. The Bertz CT molecular complexity index is 1460. The maximum absolute atomic E-state index is 14.8. The highest BCUT2D eigenvalue weighted by molar-refractivity contribution is 7.93. The minimum absolute atomic E-state index is 0.233. The van der Waals surface area contributed by atoms with Gasteiger partial charge in [-0.05, 0) is 67.0 Å². The molecule has 0 saturated heterocycles. The molecule has 0 aliphatic heterocycles. The van der Waals surface area contributed by atoms with Crippen LogP contribution in [-0.4, -0.2) is 31.3 Å². The number of hydrogen-bond acceptors (Lipinski definition) is 6. The summed E-state index contributed by atoms with van der Waals surface area (Å²) in [4.78, 5) is 15.1. The molecule has 2 unspecified atom stereocenters. The Morgan fingerprint density at radius 3 is 2.18 bits per heavy atom. The Labute approximate surface area is 224 Å². The Balaban J connectivity index is 1.66. The minimum Gasteiger partial charge on any atom is -0.459 e. The first-order chi connectivity index (χ1) is 18.4. The molecule has 38 heavy (non-hydrogen) atoms. The van der Waals surface area contributed by atoms with E-state index >= 15 is 0 Å². The number of ether oxygens (including phenoxy) is 1.